The zero-order chi connectivity index (χ0) is 15.6. The third-order valence-corrected chi connectivity index (χ3v) is 4.95. The van der Waals surface area contributed by atoms with Gasteiger partial charge in [0.1, 0.15) is 0 Å². The van der Waals surface area contributed by atoms with E-state index in [9.17, 15) is 5.26 Å². The van der Waals surface area contributed by atoms with Crippen molar-refractivity contribution in [2.75, 3.05) is 0 Å². The van der Waals surface area contributed by atoms with E-state index in [1.807, 2.05) is 6.20 Å². The fraction of sp³-hybridized carbons (Fsp3) is 0.400. The molecular formula is C20H22N2. The topological polar surface area (TPSA) is 36.7 Å². The lowest BCUT2D eigenvalue weighted by Crippen LogP contribution is -2.21. The van der Waals surface area contributed by atoms with Crippen LogP contribution in [0.3, 0.4) is 0 Å². The Hall–Kier alpha value is -2.14. The molecule has 1 aromatic heterocycles. The molecule has 2 aromatic rings. The molecule has 0 amide bonds. The Kier molecular flexibility index (Phi) is 3.98. The molecule has 0 radical (unpaired) electrons. The first-order chi connectivity index (χ1) is 10.6. The van der Waals surface area contributed by atoms with E-state index >= 15 is 0 Å². The number of hydrogen-bond donors (Lipinski definition) is 0. The van der Waals surface area contributed by atoms with E-state index < -0.39 is 0 Å². The molecule has 1 aliphatic carbocycles. The van der Waals surface area contributed by atoms with Crippen LogP contribution in [0.15, 0.2) is 42.6 Å². The van der Waals surface area contributed by atoms with E-state index in [1.54, 1.807) is 0 Å². The van der Waals surface area contributed by atoms with Crippen LogP contribution < -0.4 is 0 Å². The maximum Gasteiger partial charge on any atom is 0.0702 e. The largest absolute Gasteiger partial charge is 0.256 e. The number of rotatable bonds is 2. The zero-order valence-corrected chi connectivity index (χ0v) is 13.3. The predicted molar refractivity (Wildman–Crippen MR) is 89.3 cm³/mol. The van der Waals surface area contributed by atoms with Crippen LogP contribution >= 0.6 is 0 Å². The second-order valence-corrected chi connectivity index (χ2v) is 6.79. The van der Waals surface area contributed by atoms with Crippen molar-refractivity contribution in [3.05, 3.63) is 53.7 Å². The van der Waals surface area contributed by atoms with Crippen molar-refractivity contribution in [1.29, 1.82) is 5.26 Å². The summed E-state index contributed by atoms with van der Waals surface area (Å²) in [6.07, 6.45) is 6.16. The van der Waals surface area contributed by atoms with Crippen molar-refractivity contribution >= 4 is 0 Å². The van der Waals surface area contributed by atoms with E-state index in [0.717, 1.165) is 31.4 Å². The van der Waals surface area contributed by atoms with Crippen molar-refractivity contribution in [1.82, 2.24) is 4.98 Å². The maximum atomic E-state index is 9.23. The van der Waals surface area contributed by atoms with Crippen molar-refractivity contribution in [2.24, 2.45) is 5.41 Å². The molecule has 1 aromatic carbocycles. The first-order valence-corrected chi connectivity index (χ1v) is 8.04. The summed E-state index contributed by atoms with van der Waals surface area (Å²) in [6.45, 7) is 4.15. The smallest absolute Gasteiger partial charge is 0.0702 e. The van der Waals surface area contributed by atoms with Gasteiger partial charge in [-0.15, -0.1) is 0 Å². The molecule has 0 atom stereocenters. The summed E-state index contributed by atoms with van der Waals surface area (Å²) in [6, 6.07) is 15.5. The fourth-order valence-electron chi connectivity index (χ4n) is 3.26. The molecule has 2 heteroatoms. The molecule has 22 heavy (non-hydrogen) atoms. The van der Waals surface area contributed by atoms with Crippen LogP contribution in [0.5, 0.6) is 0 Å². The second-order valence-electron chi connectivity index (χ2n) is 6.79. The fourth-order valence-corrected chi connectivity index (χ4v) is 3.26. The van der Waals surface area contributed by atoms with Crippen LogP contribution in [-0.4, -0.2) is 4.98 Å². The van der Waals surface area contributed by atoms with E-state index in [-0.39, 0.29) is 5.41 Å². The molecule has 0 bridgehead atoms. The number of hydrogen-bond acceptors (Lipinski definition) is 2. The molecule has 1 fully saturated rings. The van der Waals surface area contributed by atoms with Crippen molar-refractivity contribution in [3.63, 3.8) is 0 Å². The first kappa shape index (κ1) is 14.8. The van der Waals surface area contributed by atoms with Crippen LogP contribution in [0.2, 0.25) is 0 Å². The number of aryl methyl sites for hydroxylation is 1. The second kappa shape index (κ2) is 5.93. The van der Waals surface area contributed by atoms with Crippen LogP contribution in [0.1, 0.15) is 49.7 Å². The first-order valence-electron chi connectivity index (χ1n) is 8.04. The van der Waals surface area contributed by atoms with Gasteiger partial charge in [0.05, 0.1) is 17.2 Å². The molecule has 0 aliphatic heterocycles. The predicted octanol–water partition coefficient (Wildman–Crippen LogP) is 5.24. The van der Waals surface area contributed by atoms with E-state index in [4.69, 9.17) is 0 Å². The number of benzene rings is 1. The molecule has 0 unspecified atom stereocenters. The Labute approximate surface area is 132 Å². The van der Waals surface area contributed by atoms with Gasteiger partial charge in [-0.1, -0.05) is 30.3 Å². The molecule has 0 spiro atoms. The summed E-state index contributed by atoms with van der Waals surface area (Å²) in [4.78, 5) is 4.48. The number of nitriles is 1. The summed E-state index contributed by atoms with van der Waals surface area (Å²) in [5.74, 6) is 0.599. The lowest BCUT2D eigenvalue weighted by molar-refractivity contribution is 0.270. The summed E-state index contributed by atoms with van der Waals surface area (Å²) >= 11 is 0. The van der Waals surface area contributed by atoms with E-state index in [2.05, 4.69) is 61.3 Å². The van der Waals surface area contributed by atoms with Gasteiger partial charge in [0.15, 0.2) is 0 Å². The Morgan fingerprint density at radius 3 is 2.32 bits per heavy atom. The van der Waals surface area contributed by atoms with Gasteiger partial charge in [-0.05, 0) is 62.6 Å². The summed E-state index contributed by atoms with van der Waals surface area (Å²) in [7, 11) is 0. The molecule has 0 N–H and O–H groups in total. The summed E-state index contributed by atoms with van der Waals surface area (Å²) < 4.78 is 0. The number of aromatic nitrogens is 1. The lowest BCUT2D eigenvalue weighted by atomic mass is 9.71. The molecule has 1 aliphatic rings. The summed E-state index contributed by atoms with van der Waals surface area (Å²) in [5.41, 5.74) is 4.67. The average molecular weight is 290 g/mol. The average Bonchev–Trinajstić information content (AvgIpc) is 2.57. The van der Waals surface area contributed by atoms with Gasteiger partial charge >= 0.3 is 0 Å². The monoisotopic (exact) mass is 290 g/mol. The minimum Gasteiger partial charge on any atom is -0.256 e. The Morgan fingerprint density at radius 1 is 1.09 bits per heavy atom. The quantitative estimate of drug-likeness (QED) is 0.758. The van der Waals surface area contributed by atoms with Crippen LogP contribution in [0, 0.1) is 23.7 Å². The number of nitrogens with zero attached hydrogens (tertiary/aromatic N) is 2. The minimum absolute atomic E-state index is 0.109. The normalized spacial score (nSPS) is 24.7. The maximum absolute atomic E-state index is 9.23. The third-order valence-electron chi connectivity index (χ3n) is 4.95. The van der Waals surface area contributed by atoms with Crippen LogP contribution in [0.25, 0.3) is 11.3 Å². The van der Waals surface area contributed by atoms with Crippen molar-refractivity contribution in [3.8, 4) is 17.3 Å². The summed E-state index contributed by atoms with van der Waals surface area (Å²) in [5, 5.41) is 9.23. The van der Waals surface area contributed by atoms with E-state index in [0.29, 0.717) is 5.92 Å². The van der Waals surface area contributed by atoms with Crippen molar-refractivity contribution in [2.45, 2.75) is 45.4 Å². The van der Waals surface area contributed by atoms with E-state index in [1.165, 1.54) is 16.7 Å². The molecular weight excluding hydrogens is 268 g/mol. The molecule has 2 nitrogen and oxygen atoms in total. The standard InChI is InChI=1S/C20H22N2/c1-15-3-8-19(22-13-15)18-6-4-16(5-7-18)17-9-11-20(2,14-21)12-10-17/h3-8,13,17H,9-12H2,1-2H3. The van der Waals surface area contributed by atoms with Gasteiger partial charge in [-0.3, -0.25) is 4.98 Å². The molecule has 1 heterocycles. The van der Waals surface area contributed by atoms with Gasteiger partial charge in [0.2, 0.25) is 0 Å². The minimum atomic E-state index is -0.109. The highest BCUT2D eigenvalue weighted by Crippen LogP contribution is 2.42. The van der Waals surface area contributed by atoms with Gasteiger partial charge in [-0.2, -0.15) is 5.26 Å². The van der Waals surface area contributed by atoms with Gasteiger partial charge in [0.25, 0.3) is 0 Å². The lowest BCUT2D eigenvalue weighted by Gasteiger charge is -2.32. The Bertz CT molecular complexity index is 669. The Balaban J connectivity index is 1.73. The van der Waals surface area contributed by atoms with Crippen LogP contribution in [0.4, 0.5) is 0 Å². The highest BCUT2D eigenvalue weighted by molar-refractivity contribution is 5.59. The SMILES string of the molecule is Cc1ccc(-c2ccc(C3CCC(C)(C#N)CC3)cc2)nc1. The van der Waals surface area contributed by atoms with Gasteiger partial charge in [0, 0.05) is 11.8 Å². The van der Waals surface area contributed by atoms with Gasteiger partial charge < -0.3 is 0 Å². The molecule has 3 rings (SSSR count). The number of pyridine rings is 1. The molecule has 1 saturated carbocycles. The highest BCUT2D eigenvalue weighted by Gasteiger charge is 2.31. The van der Waals surface area contributed by atoms with Gasteiger partial charge in [-0.25, -0.2) is 0 Å². The van der Waals surface area contributed by atoms with Crippen LogP contribution in [-0.2, 0) is 0 Å². The Morgan fingerprint density at radius 2 is 1.77 bits per heavy atom. The molecule has 112 valence electrons. The zero-order valence-electron chi connectivity index (χ0n) is 13.3. The molecule has 0 saturated heterocycles. The highest BCUT2D eigenvalue weighted by atomic mass is 14.7. The van der Waals surface area contributed by atoms with Crippen molar-refractivity contribution < 1.29 is 0 Å². The third kappa shape index (κ3) is 3.04.